The first kappa shape index (κ1) is 16.8. The second-order valence-corrected chi connectivity index (χ2v) is 6.46. The predicted molar refractivity (Wildman–Crippen MR) is 86.1 cm³/mol. The zero-order chi connectivity index (χ0) is 16.3. The number of amides is 2. The van der Waals surface area contributed by atoms with Gasteiger partial charge in [0.05, 0.1) is 22.6 Å². The van der Waals surface area contributed by atoms with Gasteiger partial charge in [-0.15, -0.1) is 0 Å². The SMILES string of the molecule is CN(C)C(=O)c1cc(NC(=O)CC2(O)CCCC2)ccc1Cl. The Morgan fingerprint density at radius 2 is 1.95 bits per heavy atom. The van der Waals surface area contributed by atoms with E-state index in [1.54, 1.807) is 32.3 Å². The van der Waals surface area contributed by atoms with E-state index >= 15 is 0 Å². The van der Waals surface area contributed by atoms with E-state index in [4.69, 9.17) is 11.6 Å². The number of benzene rings is 1. The Labute approximate surface area is 135 Å². The summed E-state index contributed by atoms with van der Waals surface area (Å²) in [6.45, 7) is 0. The van der Waals surface area contributed by atoms with Crippen LogP contribution in [0, 0.1) is 0 Å². The highest BCUT2D eigenvalue weighted by molar-refractivity contribution is 6.34. The molecule has 2 N–H and O–H groups in total. The minimum absolute atomic E-state index is 0.0760. The average molecular weight is 325 g/mol. The maximum atomic E-state index is 12.1. The van der Waals surface area contributed by atoms with Crippen LogP contribution in [0.4, 0.5) is 5.69 Å². The van der Waals surface area contributed by atoms with Crippen LogP contribution in [0.3, 0.4) is 0 Å². The van der Waals surface area contributed by atoms with Crippen molar-refractivity contribution in [1.82, 2.24) is 4.90 Å². The first-order valence-corrected chi connectivity index (χ1v) is 7.72. The molecule has 22 heavy (non-hydrogen) atoms. The number of nitrogens with one attached hydrogen (secondary N) is 1. The molecule has 2 amide bonds. The molecule has 1 fully saturated rings. The Hall–Kier alpha value is -1.59. The maximum Gasteiger partial charge on any atom is 0.254 e. The lowest BCUT2D eigenvalue weighted by molar-refractivity contribution is -0.120. The Balaban J connectivity index is 2.08. The smallest absolute Gasteiger partial charge is 0.254 e. The van der Waals surface area contributed by atoms with Gasteiger partial charge in [0, 0.05) is 19.8 Å². The second-order valence-electron chi connectivity index (χ2n) is 6.05. The summed E-state index contributed by atoms with van der Waals surface area (Å²) >= 11 is 6.03. The molecule has 5 nitrogen and oxygen atoms in total. The van der Waals surface area contributed by atoms with Crippen molar-refractivity contribution in [2.24, 2.45) is 0 Å². The van der Waals surface area contributed by atoms with Gasteiger partial charge in [-0.1, -0.05) is 24.4 Å². The molecule has 0 aromatic heterocycles. The van der Waals surface area contributed by atoms with Crippen LogP contribution in [0.2, 0.25) is 5.02 Å². The van der Waals surface area contributed by atoms with Crippen molar-refractivity contribution in [2.45, 2.75) is 37.7 Å². The van der Waals surface area contributed by atoms with Crippen molar-refractivity contribution in [3.63, 3.8) is 0 Å². The third kappa shape index (κ3) is 3.99. The Morgan fingerprint density at radius 1 is 1.32 bits per heavy atom. The summed E-state index contributed by atoms with van der Waals surface area (Å²) < 4.78 is 0. The van der Waals surface area contributed by atoms with E-state index in [0.717, 1.165) is 12.8 Å². The number of nitrogens with zero attached hydrogens (tertiary/aromatic N) is 1. The summed E-state index contributed by atoms with van der Waals surface area (Å²) in [6.07, 6.45) is 3.29. The lowest BCUT2D eigenvalue weighted by Crippen LogP contribution is -2.30. The van der Waals surface area contributed by atoms with Gasteiger partial charge in [0.25, 0.3) is 5.91 Å². The second kappa shape index (κ2) is 6.67. The third-order valence-electron chi connectivity index (χ3n) is 3.91. The number of hydrogen-bond acceptors (Lipinski definition) is 3. The van der Waals surface area contributed by atoms with Crippen LogP contribution >= 0.6 is 11.6 Å². The molecule has 1 aromatic carbocycles. The van der Waals surface area contributed by atoms with Crippen molar-refractivity contribution in [1.29, 1.82) is 0 Å². The lowest BCUT2D eigenvalue weighted by Gasteiger charge is -2.21. The van der Waals surface area contributed by atoms with E-state index in [1.807, 2.05) is 0 Å². The van der Waals surface area contributed by atoms with Gasteiger partial charge < -0.3 is 15.3 Å². The summed E-state index contributed by atoms with van der Waals surface area (Å²) in [6, 6.07) is 4.78. The van der Waals surface area contributed by atoms with Gasteiger partial charge in [0.1, 0.15) is 0 Å². The van der Waals surface area contributed by atoms with Gasteiger partial charge >= 0.3 is 0 Å². The molecule has 0 aliphatic heterocycles. The van der Waals surface area contributed by atoms with Gasteiger partial charge in [0.15, 0.2) is 0 Å². The predicted octanol–water partition coefficient (Wildman–Crippen LogP) is 2.68. The molecule has 120 valence electrons. The fraction of sp³-hybridized carbons (Fsp3) is 0.500. The van der Waals surface area contributed by atoms with Crippen LogP contribution in [0.15, 0.2) is 18.2 Å². The molecule has 1 aliphatic carbocycles. The van der Waals surface area contributed by atoms with E-state index < -0.39 is 5.60 Å². The van der Waals surface area contributed by atoms with E-state index in [2.05, 4.69) is 5.32 Å². The molecule has 0 heterocycles. The number of carbonyl (C=O) groups excluding carboxylic acids is 2. The van der Waals surface area contributed by atoms with Crippen molar-refractivity contribution in [3.05, 3.63) is 28.8 Å². The summed E-state index contributed by atoms with van der Waals surface area (Å²) in [5.41, 5.74) is -0.0519. The lowest BCUT2D eigenvalue weighted by atomic mass is 9.97. The molecule has 0 atom stereocenters. The fourth-order valence-electron chi connectivity index (χ4n) is 2.72. The summed E-state index contributed by atoms with van der Waals surface area (Å²) in [4.78, 5) is 25.5. The van der Waals surface area contributed by atoms with Crippen LogP contribution in [0.1, 0.15) is 42.5 Å². The van der Waals surface area contributed by atoms with Gasteiger partial charge in [0.2, 0.25) is 5.91 Å². The molecule has 6 heteroatoms. The van der Waals surface area contributed by atoms with Crippen LogP contribution in [0.25, 0.3) is 0 Å². The molecule has 0 spiro atoms. The van der Waals surface area contributed by atoms with Gasteiger partial charge in [-0.2, -0.15) is 0 Å². The molecule has 0 bridgehead atoms. The zero-order valence-corrected chi connectivity index (χ0v) is 13.6. The fourth-order valence-corrected chi connectivity index (χ4v) is 2.92. The van der Waals surface area contributed by atoms with E-state index in [9.17, 15) is 14.7 Å². The van der Waals surface area contributed by atoms with Crippen molar-refractivity contribution in [2.75, 3.05) is 19.4 Å². The molecule has 0 unspecified atom stereocenters. The topological polar surface area (TPSA) is 69.6 Å². The highest BCUT2D eigenvalue weighted by Crippen LogP contribution is 2.32. The van der Waals surface area contributed by atoms with Gasteiger partial charge in [-0.05, 0) is 31.0 Å². The summed E-state index contributed by atoms with van der Waals surface area (Å²) in [5, 5.41) is 13.3. The molecule has 0 radical (unpaired) electrons. The maximum absolute atomic E-state index is 12.1. The van der Waals surface area contributed by atoms with Crippen LogP contribution in [-0.4, -0.2) is 41.5 Å². The van der Waals surface area contributed by atoms with Gasteiger partial charge in [-0.25, -0.2) is 0 Å². The number of anilines is 1. The van der Waals surface area contributed by atoms with Crippen LogP contribution in [-0.2, 0) is 4.79 Å². The first-order chi connectivity index (χ1) is 10.3. The number of halogens is 1. The van der Waals surface area contributed by atoms with Crippen molar-refractivity contribution >= 4 is 29.1 Å². The van der Waals surface area contributed by atoms with Crippen LogP contribution < -0.4 is 5.32 Å². The number of hydrogen-bond donors (Lipinski definition) is 2. The molecular formula is C16H21ClN2O3. The zero-order valence-electron chi connectivity index (χ0n) is 12.9. The molecule has 1 aliphatic rings. The number of rotatable bonds is 4. The van der Waals surface area contributed by atoms with E-state index in [0.29, 0.717) is 29.1 Å². The quantitative estimate of drug-likeness (QED) is 0.894. The minimum atomic E-state index is -0.890. The Bertz CT molecular complexity index is 581. The van der Waals surface area contributed by atoms with E-state index in [1.165, 1.54) is 4.90 Å². The summed E-state index contributed by atoms with van der Waals surface area (Å²) in [7, 11) is 3.28. The largest absolute Gasteiger partial charge is 0.389 e. The number of carbonyl (C=O) groups is 2. The molecule has 1 aromatic rings. The van der Waals surface area contributed by atoms with Crippen molar-refractivity contribution in [3.8, 4) is 0 Å². The van der Waals surface area contributed by atoms with Gasteiger partial charge in [-0.3, -0.25) is 9.59 Å². The first-order valence-electron chi connectivity index (χ1n) is 7.34. The highest BCUT2D eigenvalue weighted by Gasteiger charge is 2.33. The molecular weight excluding hydrogens is 304 g/mol. The van der Waals surface area contributed by atoms with E-state index in [-0.39, 0.29) is 18.2 Å². The average Bonchev–Trinajstić information content (AvgIpc) is 2.86. The number of aliphatic hydroxyl groups is 1. The standard InChI is InChI=1S/C16H21ClN2O3/c1-19(2)15(21)12-9-11(5-6-13(12)17)18-14(20)10-16(22)7-3-4-8-16/h5-6,9,22H,3-4,7-8,10H2,1-2H3,(H,18,20). The summed E-state index contributed by atoms with van der Waals surface area (Å²) in [5.74, 6) is -0.481. The minimum Gasteiger partial charge on any atom is -0.389 e. The third-order valence-corrected chi connectivity index (χ3v) is 4.24. The molecule has 2 rings (SSSR count). The molecule has 1 saturated carbocycles. The normalized spacial score (nSPS) is 16.4. The van der Waals surface area contributed by atoms with Crippen molar-refractivity contribution < 1.29 is 14.7 Å². The Morgan fingerprint density at radius 3 is 2.55 bits per heavy atom. The highest BCUT2D eigenvalue weighted by atomic mass is 35.5. The Kier molecular flexibility index (Phi) is 5.08. The van der Waals surface area contributed by atoms with Crippen LogP contribution in [0.5, 0.6) is 0 Å². The molecule has 0 saturated heterocycles. The monoisotopic (exact) mass is 324 g/mol.